The second-order valence-corrected chi connectivity index (χ2v) is 3.89. The predicted molar refractivity (Wildman–Crippen MR) is 73.2 cm³/mol. The van der Waals surface area contributed by atoms with Crippen LogP contribution in [-0.2, 0) is 6.42 Å². The van der Waals surface area contributed by atoms with Gasteiger partial charge in [-0.05, 0) is 30.5 Å². The number of hydrogen-bond acceptors (Lipinski definition) is 2. The van der Waals surface area contributed by atoms with Crippen molar-refractivity contribution in [1.29, 1.82) is 0 Å². The van der Waals surface area contributed by atoms with Crippen LogP contribution in [0.3, 0.4) is 0 Å². The fourth-order valence-electron chi connectivity index (χ4n) is 1.71. The summed E-state index contributed by atoms with van der Waals surface area (Å²) in [6.45, 7) is 0. The Bertz CT molecular complexity index is 417. The standard InChI is InChI=1S/C14H16N2.ClH/c15-13(14-8-4-5-11-16-14)10-9-12-6-2-1-3-7-12;/h1-8,11,13H,9-10,15H2;1H. The number of hydrogen-bond donors (Lipinski definition) is 1. The van der Waals surface area contributed by atoms with Gasteiger partial charge >= 0.3 is 0 Å². The highest BCUT2D eigenvalue weighted by atomic mass is 35.5. The van der Waals surface area contributed by atoms with E-state index in [0.29, 0.717) is 0 Å². The van der Waals surface area contributed by atoms with Crippen LogP contribution >= 0.6 is 12.4 Å². The Morgan fingerprint density at radius 3 is 2.35 bits per heavy atom. The first-order valence-corrected chi connectivity index (χ1v) is 5.56. The molecule has 0 saturated heterocycles. The van der Waals surface area contributed by atoms with Crippen molar-refractivity contribution in [3.05, 3.63) is 66.0 Å². The molecule has 1 aromatic carbocycles. The summed E-state index contributed by atoms with van der Waals surface area (Å²) < 4.78 is 0. The van der Waals surface area contributed by atoms with Crippen molar-refractivity contribution in [2.45, 2.75) is 18.9 Å². The van der Waals surface area contributed by atoms with Crippen LogP contribution in [0.15, 0.2) is 54.7 Å². The largest absolute Gasteiger partial charge is 0.323 e. The summed E-state index contributed by atoms with van der Waals surface area (Å²) in [5, 5.41) is 0. The third kappa shape index (κ3) is 4.17. The van der Waals surface area contributed by atoms with Crippen LogP contribution in [0.2, 0.25) is 0 Å². The van der Waals surface area contributed by atoms with Crippen LogP contribution in [0, 0.1) is 0 Å². The zero-order chi connectivity index (χ0) is 11.2. The van der Waals surface area contributed by atoms with E-state index >= 15 is 0 Å². The van der Waals surface area contributed by atoms with Gasteiger partial charge in [0.1, 0.15) is 0 Å². The lowest BCUT2D eigenvalue weighted by atomic mass is 10.0. The van der Waals surface area contributed by atoms with E-state index in [0.717, 1.165) is 18.5 Å². The number of pyridine rings is 1. The van der Waals surface area contributed by atoms with Gasteiger partial charge < -0.3 is 5.73 Å². The summed E-state index contributed by atoms with van der Waals surface area (Å²) in [6, 6.07) is 16.3. The molecule has 0 aliphatic rings. The van der Waals surface area contributed by atoms with E-state index in [1.54, 1.807) is 6.20 Å². The molecule has 1 aromatic heterocycles. The zero-order valence-electron chi connectivity index (χ0n) is 9.62. The van der Waals surface area contributed by atoms with E-state index in [9.17, 15) is 0 Å². The van der Waals surface area contributed by atoms with Crippen LogP contribution in [0.1, 0.15) is 23.7 Å². The maximum atomic E-state index is 6.08. The predicted octanol–water partition coefficient (Wildman–Crippen LogP) is 3.14. The van der Waals surface area contributed by atoms with Crippen molar-refractivity contribution in [2.75, 3.05) is 0 Å². The summed E-state index contributed by atoms with van der Waals surface area (Å²) in [5.41, 5.74) is 8.38. The van der Waals surface area contributed by atoms with Crippen LogP contribution in [-0.4, -0.2) is 4.98 Å². The Kier molecular flexibility index (Phi) is 5.67. The van der Waals surface area contributed by atoms with Gasteiger partial charge in [-0.2, -0.15) is 0 Å². The van der Waals surface area contributed by atoms with Gasteiger partial charge in [-0.3, -0.25) is 4.98 Å². The minimum atomic E-state index is 0. The summed E-state index contributed by atoms with van der Waals surface area (Å²) in [5.74, 6) is 0. The number of halogens is 1. The molecule has 2 nitrogen and oxygen atoms in total. The number of nitrogens with two attached hydrogens (primary N) is 1. The maximum Gasteiger partial charge on any atom is 0.0571 e. The smallest absolute Gasteiger partial charge is 0.0571 e. The topological polar surface area (TPSA) is 38.9 Å². The second-order valence-electron chi connectivity index (χ2n) is 3.89. The molecule has 0 fully saturated rings. The summed E-state index contributed by atoms with van der Waals surface area (Å²) in [4.78, 5) is 4.27. The highest BCUT2D eigenvalue weighted by Crippen LogP contribution is 2.14. The van der Waals surface area contributed by atoms with Crippen LogP contribution in [0.25, 0.3) is 0 Å². The SMILES string of the molecule is Cl.NC(CCc1ccccc1)c1ccccn1. The molecule has 90 valence electrons. The highest BCUT2D eigenvalue weighted by Gasteiger charge is 2.06. The van der Waals surface area contributed by atoms with Gasteiger partial charge in [-0.25, -0.2) is 0 Å². The molecular weight excluding hydrogens is 232 g/mol. The van der Waals surface area contributed by atoms with Crippen LogP contribution in [0.5, 0.6) is 0 Å². The van der Waals surface area contributed by atoms with E-state index in [4.69, 9.17) is 5.73 Å². The minimum absolute atomic E-state index is 0. The third-order valence-corrected chi connectivity index (χ3v) is 2.65. The Hall–Kier alpha value is -1.38. The van der Waals surface area contributed by atoms with E-state index < -0.39 is 0 Å². The van der Waals surface area contributed by atoms with Gasteiger partial charge in [-0.15, -0.1) is 12.4 Å². The number of benzene rings is 1. The van der Waals surface area contributed by atoms with Gasteiger partial charge in [0.2, 0.25) is 0 Å². The Balaban J connectivity index is 0.00000144. The van der Waals surface area contributed by atoms with Crippen molar-refractivity contribution in [2.24, 2.45) is 5.73 Å². The number of rotatable bonds is 4. The third-order valence-electron chi connectivity index (χ3n) is 2.65. The van der Waals surface area contributed by atoms with Crippen molar-refractivity contribution in [1.82, 2.24) is 4.98 Å². The normalized spacial score (nSPS) is 11.6. The molecule has 17 heavy (non-hydrogen) atoms. The summed E-state index contributed by atoms with van der Waals surface area (Å²) >= 11 is 0. The Morgan fingerprint density at radius 1 is 1.00 bits per heavy atom. The first kappa shape index (κ1) is 13.7. The van der Waals surface area contributed by atoms with Crippen molar-refractivity contribution in [3.8, 4) is 0 Å². The van der Waals surface area contributed by atoms with Gasteiger partial charge in [-0.1, -0.05) is 36.4 Å². The lowest BCUT2D eigenvalue weighted by Crippen LogP contribution is -2.12. The fourth-order valence-corrected chi connectivity index (χ4v) is 1.71. The molecule has 0 bridgehead atoms. The molecule has 0 aliphatic heterocycles. The molecule has 1 heterocycles. The quantitative estimate of drug-likeness (QED) is 0.903. The van der Waals surface area contributed by atoms with Gasteiger partial charge in [0.15, 0.2) is 0 Å². The molecule has 1 unspecified atom stereocenters. The molecule has 0 amide bonds. The van der Waals surface area contributed by atoms with Gasteiger partial charge in [0.25, 0.3) is 0 Å². The van der Waals surface area contributed by atoms with E-state index in [-0.39, 0.29) is 18.4 Å². The van der Waals surface area contributed by atoms with Crippen molar-refractivity contribution < 1.29 is 0 Å². The van der Waals surface area contributed by atoms with E-state index in [2.05, 4.69) is 29.2 Å². The monoisotopic (exact) mass is 248 g/mol. The van der Waals surface area contributed by atoms with Crippen molar-refractivity contribution in [3.63, 3.8) is 0 Å². The average molecular weight is 249 g/mol. The number of aromatic nitrogens is 1. The van der Waals surface area contributed by atoms with Crippen LogP contribution in [0.4, 0.5) is 0 Å². The lowest BCUT2D eigenvalue weighted by Gasteiger charge is -2.10. The zero-order valence-corrected chi connectivity index (χ0v) is 10.4. The molecule has 0 saturated carbocycles. The van der Waals surface area contributed by atoms with Crippen LogP contribution < -0.4 is 5.73 Å². The van der Waals surface area contributed by atoms with Gasteiger partial charge in [0, 0.05) is 12.2 Å². The maximum absolute atomic E-state index is 6.08. The molecule has 2 rings (SSSR count). The molecule has 3 heteroatoms. The van der Waals surface area contributed by atoms with E-state index in [1.807, 2.05) is 24.3 Å². The molecule has 0 spiro atoms. The first-order valence-electron chi connectivity index (χ1n) is 5.56. The van der Waals surface area contributed by atoms with E-state index in [1.165, 1.54) is 5.56 Å². The number of nitrogens with zero attached hydrogens (tertiary/aromatic N) is 1. The molecule has 1 atom stereocenters. The second kappa shape index (κ2) is 7.05. The Labute approximate surface area is 108 Å². The summed E-state index contributed by atoms with van der Waals surface area (Å²) in [7, 11) is 0. The average Bonchev–Trinajstić information content (AvgIpc) is 2.38. The summed E-state index contributed by atoms with van der Waals surface area (Å²) in [6.07, 6.45) is 3.72. The molecule has 2 aromatic rings. The fraction of sp³-hybridized carbons (Fsp3) is 0.214. The first-order chi connectivity index (χ1) is 7.86. The molecular formula is C14H17ClN2. The van der Waals surface area contributed by atoms with Gasteiger partial charge in [0.05, 0.1) is 5.69 Å². The minimum Gasteiger partial charge on any atom is -0.323 e. The molecule has 0 radical (unpaired) electrons. The molecule has 2 N–H and O–H groups in total. The van der Waals surface area contributed by atoms with Crippen molar-refractivity contribution >= 4 is 12.4 Å². The molecule has 0 aliphatic carbocycles. The highest BCUT2D eigenvalue weighted by molar-refractivity contribution is 5.85. The number of aryl methyl sites for hydroxylation is 1. The Morgan fingerprint density at radius 2 is 1.71 bits per heavy atom. The lowest BCUT2D eigenvalue weighted by molar-refractivity contribution is 0.633.